The zero-order valence-corrected chi connectivity index (χ0v) is 16.2. The lowest BCUT2D eigenvalue weighted by Gasteiger charge is -2.04. The molecule has 0 atom stereocenters. The first-order chi connectivity index (χ1) is 12.6. The predicted octanol–water partition coefficient (Wildman–Crippen LogP) is 3.65. The Morgan fingerprint density at radius 3 is 3.00 bits per heavy atom. The molecule has 1 aromatic carbocycles. The number of thiophene rings is 1. The van der Waals surface area contributed by atoms with Gasteiger partial charge >= 0.3 is 0 Å². The van der Waals surface area contributed by atoms with Crippen LogP contribution in [0.3, 0.4) is 0 Å². The molecule has 6 nitrogen and oxygen atoms in total. The lowest BCUT2D eigenvalue weighted by molar-refractivity contribution is 0.750. The molecule has 0 fully saturated rings. The average molecular weight is 404 g/mol. The number of aromatic amines is 1. The number of halogens is 1. The monoisotopic (exact) mass is 403 g/mol. The number of nitrogens with zero attached hydrogens (tertiary/aromatic N) is 4. The molecule has 0 spiro atoms. The van der Waals surface area contributed by atoms with E-state index in [9.17, 15) is 4.79 Å². The van der Waals surface area contributed by atoms with Gasteiger partial charge in [0.15, 0.2) is 5.16 Å². The van der Waals surface area contributed by atoms with Crippen LogP contribution in [-0.2, 0) is 19.2 Å². The second-order valence-corrected chi connectivity index (χ2v) is 8.09. The molecule has 0 aliphatic heterocycles. The van der Waals surface area contributed by atoms with Crippen molar-refractivity contribution in [1.82, 2.24) is 24.7 Å². The van der Waals surface area contributed by atoms with Gasteiger partial charge in [0.05, 0.1) is 16.7 Å². The molecule has 132 valence electrons. The fourth-order valence-electron chi connectivity index (χ4n) is 2.56. The van der Waals surface area contributed by atoms with Gasteiger partial charge in [-0.25, -0.2) is 4.98 Å². The van der Waals surface area contributed by atoms with E-state index in [1.54, 1.807) is 29.5 Å². The van der Waals surface area contributed by atoms with E-state index in [2.05, 4.69) is 31.6 Å². The smallest absolute Gasteiger partial charge is 0.258 e. The third kappa shape index (κ3) is 3.53. The van der Waals surface area contributed by atoms with Crippen molar-refractivity contribution in [2.24, 2.45) is 7.05 Å². The molecular formula is C17H14ClN5OS2. The molecule has 0 aliphatic carbocycles. The van der Waals surface area contributed by atoms with Crippen LogP contribution in [0.1, 0.15) is 16.5 Å². The Labute approximate surface area is 162 Å². The Kier molecular flexibility index (Phi) is 4.80. The normalized spacial score (nSPS) is 11.3. The van der Waals surface area contributed by atoms with E-state index in [0.29, 0.717) is 27.5 Å². The van der Waals surface area contributed by atoms with E-state index >= 15 is 0 Å². The summed E-state index contributed by atoms with van der Waals surface area (Å²) < 4.78 is 1.97. The van der Waals surface area contributed by atoms with E-state index in [4.69, 9.17) is 11.6 Å². The molecule has 0 saturated carbocycles. The van der Waals surface area contributed by atoms with Crippen LogP contribution in [-0.4, -0.2) is 24.7 Å². The molecular weight excluding hydrogens is 390 g/mol. The molecule has 1 N–H and O–H groups in total. The van der Waals surface area contributed by atoms with Crippen LogP contribution < -0.4 is 5.56 Å². The van der Waals surface area contributed by atoms with E-state index in [1.807, 2.05) is 17.7 Å². The first kappa shape index (κ1) is 17.3. The number of hydrogen-bond donors (Lipinski definition) is 1. The van der Waals surface area contributed by atoms with Crippen molar-refractivity contribution in [3.63, 3.8) is 0 Å². The third-order valence-corrected chi connectivity index (χ3v) is 6.04. The van der Waals surface area contributed by atoms with E-state index in [1.165, 1.54) is 16.6 Å². The van der Waals surface area contributed by atoms with Gasteiger partial charge in [0.1, 0.15) is 11.6 Å². The Hall–Kier alpha value is -2.16. The number of rotatable bonds is 5. The molecule has 0 radical (unpaired) electrons. The lowest BCUT2D eigenvalue weighted by atomic mass is 10.2. The SMILES string of the molecule is Cn1c(Cc2cccs2)nnc1SCc1nc2cc(Cl)ccc2c(=O)[nH]1. The van der Waals surface area contributed by atoms with Crippen LogP contribution in [0.4, 0.5) is 0 Å². The van der Waals surface area contributed by atoms with Crippen LogP contribution in [0.5, 0.6) is 0 Å². The molecule has 0 saturated heterocycles. The highest BCUT2D eigenvalue weighted by molar-refractivity contribution is 7.98. The van der Waals surface area contributed by atoms with Gasteiger partial charge in [0, 0.05) is 23.4 Å². The van der Waals surface area contributed by atoms with E-state index in [0.717, 1.165) is 17.4 Å². The largest absolute Gasteiger partial charge is 0.309 e. The van der Waals surface area contributed by atoms with Gasteiger partial charge in [-0.3, -0.25) is 4.79 Å². The number of aromatic nitrogens is 5. The molecule has 26 heavy (non-hydrogen) atoms. The minimum absolute atomic E-state index is 0.168. The van der Waals surface area contributed by atoms with Crippen LogP contribution >= 0.6 is 34.7 Å². The van der Waals surface area contributed by atoms with Crippen molar-refractivity contribution in [1.29, 1.82) is 0 Å². The summed E-state index contributed by atoms with van der Waals surface area (Å²) in [5.74, 6) is 1.97. The standard InChI is InChI=1S/C17H14ClN5OS2/c1-23-15(8-11-3-2-6-25-11)21-22-17(23)26-9-14-19-13-7-10(18)4-5-12(13)16(24)20-14/h2-7H,8-9H2,1H3,(H,19,20,24). The number of benzene rings is 1. The summed E-state index contributed by atoms with van der Waals surface area (Å²) in [5, 5.41) is 12.4. The minimum atomic E-state index is -0.168. The number of nitrogens with one attached hydrogen (secondary N) is 1. The van der Waals surface area contributed by atoms with E-state index in [-0.39, 0.29) is 5.56 Å². The highest BCUT2D eigenvalue weighted by atomic mass is 35.5. The molecule has 4 rings (SSSR count). The third-order valence-electron chi connectivity index (χ3n) is 3.89. The Morgan fingerprint density at radius 2 is 2.19 bits per heavy atom. The number of hydrogen-bond acceptors (Lipinski definition) is 6. The van der Waals surface area contributed by atoms with Crippen LogP contribution in [0, 0.1) is 0 Å². The van der Waals surface area contributed by atoms with E-state index < -0.39 is 0 Å². The maximum absolute atomic E-state index is 12.2. The summed E-state index contributed by atoms with van der Waals surface area (Å²) in [5.41, 5.74) is 0.423. The van der Waals surface area contributed by atoms with Crippen molar-refractivity contribution in [3.05, 3.63) is 67.6 Å². The zero-order valence-electron chi connectivity index (χ0n) is 13.8. The summed E-state index contributed by atoms with van der Waals surface area (Å²) in [4.78, 5) is 20.7. The topological polar surface area (TPSA) is 76.5 Å². The first-order valence-corrected chi connectivity index (χ1v) is 10.1. The maximum atomic E-state index is 12.2. The molecule has 0 aliphatic rings. The number of fused-ring (bicyclic) bond motifs is 1. The quantitative estimate of drug-likeness (QED) is 0.515. The van der Waals surface area contributed by atoms with Crippen molar-refractivity contribution in [3.8, 4) is 0 Å². The van der Waals surface area contributed by atoms with Gasteiger partial charge in [-0.15, -0.1) is 21.5 Å². The molecule has 0 amide bonds. The van der Waals surface area contributed by atoms with Gasteiger partial charge < -0.3 is 9.55 Å². The second kappa shape index (κ2) is 7.22. The zero-order chi connectivity index (χ0) is 18.1. The summed E-state index contributed by atoms with van der Waals surface area (Å²) in [7, 11) is 1.95. The second-order valence-electron chi connectivity index (χ2n) is 5.68. The molecule has 9 heteroatoms. The number of H-pyrrole nitrogens is 1. The lowest BCUT2D eigenvalue weighted by Crippen LogP contribution is -2.11. The summed E-state index contributed by atoms with van der Waals surface area (Å²) in [6.45, 7) is 0. The summed E-state index contributed by atoms with van der Waals surface area (Å²) >= 11 is 9.18. The Bertz CT molecular complexity index is 1120. The van der Waals surface area contributed by atoms with Crippen LogP contribution in [0.2, 0.25) is 5.02 Å². The molecule has 0 bridgehead atoms. The van der Waals surface area contributed by atoms with Gasteiger partial charge in [0.2, 0.25) is 0 Å². The van der Waals surface area contributed by atoms with Crippen molar-refractivity contribution in [2.45, 2.75) is 17.3 Å². The molecule has 3 aromatic heterocycles. The maximum Gasteiger partial charge on any atom is 0.258 e. The summed E-state index contributed by atoms with van der Waals surface area (Å²) in [6.07, 6.45) is 0.755. The Balaban J connectivity index is 1.53. The van der Waals surface area contributed by atoms with Gasteiger partial charge in [0.25, 0.3) is 5.56 Å². The number of thioether (sulfide) groups is 1. The van der Waals surface area contributed by atoms with Crippen LogP contribution in [0.15, 0.2) is 45.7 Å². The fourth-order valence-corrected chi connectivity index (χ4v) is 4.22. The summed E-state index contributed by atoms with van der Waals surface area (Å²) in [6, 6.07) is 9.17. The molecule has 3 heterocycles. The highest BCUT2D eigenvalue weighted by Gasteiger charge is 2.12. The molecule has 4 aromatic rings. The predicted molar refractivity (Wildman–Crippen MR) is 105 cm³/mol. The first-order valence-electron chi connectivity index (χ1n) is 7.82. The van der Waals surface area contributed by atoms with Gasteiger partial charge in [-0.1, -0.05) is 29.4 Å². The fraction of sp³-hybridized carbons (Fsp3) is 0.176. The highest BCUT2D eigenvalue weighted by Crippen LogP contribution is 2.22. The van der Waals surface area contributed by atoms with Gasteiger partial charge in [-0.2, -0.15) is 0 Å². The van der Waals surface area contributed by atoms with Crippen molar-refractivity contribution < 1.29 is 0 Å². The Morgan fingerprint density at radius 1 is 1.31 bits per heavy atom. The average Bonchev–Trinajstić information content (AvgIpc) is 3.24. The van der Waals surface area contributed by atoms with Crippen molar-refractivity contribution >= 4 is 45.6 Å². The molecule has 0 unspecified atom stereocenters. The van der Waals surface area contributed by atoms with Crippen LogP contribution in [0.25, 0.3) is 10.9 Å². The van der Waals surface area contributed by atoms with Gasteiger partial charge in [-0.05, 0) is 29.6 Å². The minimum Gasteiger partial charge on any atom is -0.309 e. The van der Waals surface area contributed by atoms with Crippen molar-refractivity contribution in [2.75, 3.05) is 0 Å².